The van der Waals surface area contributed by atoms with Crippen molar-refractivity contribution in [2.75, 3.05) is 0 Å². The number of carbonyl (C=O) groups excluding carboxylic acids is 1. The molecule has 0 bridgehead atoms. The number of rotatable bonds is 4. The molecule has 0 heterocycles. The molecule has 5 heteroatoms. The highest BCUT2D eigenvalue weighted by Crippen LogP contribution is 2.17. The van der Waals surface area contributed by atoms with Gasteiger partial charge in [0.25, 0.3) is 5.91 Å². The van der Waals surface area contributed by atoms with Crippen LogP contribution < -0.4 is 5.32 Å². The monoisotopic (exact) mass is 298 g/mol. The second-order valence-corrected chi connectivity index (χ2v) is 4.95. The van der Waals surface area contributed by atoms with Gasteiger partial charge in [0.15, 0.2) is 0 Å². The highest BCUT2D eigenvalue weighted by atomic mass is 19.1. The molecule has 0 aromatic heterocycles. The van der Waals surface area contributed by atoms with Crippen LogP contribution in [0.15, 0.2) is 48.5 Å². The Kier molecular flexibility index (Phi) is 4.87. The minimum atomic E-state index is -0.955. The van der Waals surface area contributed by atoms with Crippen molar-refractivity contribution >= 4 is 5.91 Å². The van der Waals surface area contributed by atoms with Crippen LogP contribution in [0, 0.1) is 17.1 Å². The van der Waals surface area contributed by atoms with Gasteiger partial charge in [-0.1, -0.05) is 18.2 Å². The molecule has 1 amide bonds. The van der Waals surface area contributed by atoms with Gasteiger partial charge in [0.2, 0.25) is 0 Å². The Morgan fingerprint density at radius 3 is 2.59 bits per heavy atom. The zero-order valence-electron chi connectivity index (χ0n) is 12.0. The third kappa shape index (κ3) is 3.68. The largest absolute Gasteiger partial charge is 0.386 e. The Bertz CT molecular complexity index is 707. The van der Waals surface area contributed by atoms with Gasteiger partial charge < -0.3 is 10.4 Å². The molecule has 0 aliphatic heterocycles. The predicted octanol–water partition coefficient (Wildman–Crippen LogP) is 2.55. The van der Waals surface area contributed by atoms with Crippen LogP contribution in [0.5, 0.6) is 0 Å². The molecule has 2 unspecified atom stereocenters. The van der Waals surface area contributed by atoms with E-state index in [1.807, 2.05) is 6.07 Å². The molecule has 2 N–H and O–H groups in total. The number of aliphatic hydroxyl groups is 1. The maximum atomic E-state index is 12.9. The van der Waals surface area contributed by atoms with E-state index in [0.717, 1.165) is 0 Å². The first kappa shape index (κ1) is 15.7. The molecule has 0 fully saturated rings. The maximum Gasteiger partial charge on any atom is 0.251 e. The molecule has 22 heavy (non-hydrogen) atoms. The van der Waals surface area contributed by atoms with Crippen LogP contribution in [0.3, 0.4) is 0 Å². The molecular formula is C17H15FN2O2. The number of benzene rings is 2. The third-order valence-electron chi connectivity index (χ3n) is 3.30. The standard InChI is InChI=1S/C17H15FN2O2/c1-11(16(21)13-5-7-15(18)8-6-13)20-17(22)14-4-2-3-12(9-14)10-19/h2-9,11,16,21H,1H3,(H,20,22). The summed E-state index contributed by atoms with van der Waals surface area (Å²) in [5, 5.41) is 21.7. The van der Waals surface area contributed by atoms with Crippen molar-refractivity contribution in [3.63, 3.8) is 0 Å². The van der Waals surface area contributed by atoms with Crippen molar-refractivity contribution in [1.82, 2.24) is 5.32 Å². The van der Waals surface area contributed by atoms with E-state index in [9.17, 15) is 14.3 Å². The summed E-state index contributed by atoms with van der Waals surface area (Å²) < 4.78 is 12.9. The summed E-state index contributed by atoms with van der Waals surface area (Å²) in [5.41, 5.74) is 1.25. The van der Waals surface area contributed by atoms with E-state index in [2.05, 4.69) is 5.32 Å². The first-order valence-corrected chi connectivity index (χ1v) is 6.76. The summed E-state index contributed by atoms with van der Waals surface area (Å²) in [5.74, 6) is -0.772. The van der Waals surface area contributed by atoms with Crippen molar-refractivity contribution in [3.05, 3.63) is 71.0 Å². The summed E-state index contributed by atoms with van der Waals surface area (Å²) in [4.78, 5) is 12.1. The first-order valence-electron chi connectivity index (χ1n) is 6.76. The minimum Gasteiger partial charge on any atom is -0.386 e. The molecule has 112 valence electrons. The number of amides is 1. The number of hydrogen-bond acceptors (Lipinski definition) is 3. The Morgan fingerprint density at radius 1 is 1.27 bits per heavy atom. The molecule has 4 nitrogen and oxygen atoms in total. The molecular weight excluding hydrogens is 283 g/mol. The Labute approximate surface area is 127 Å². The van der Waals surface area contributed by atoms with E-state index in [-0.39, 0.29) is 11.7 Å². The van der Waals surface area contributed by atoms with Crippen molar-refractivity contribution < 1.29 is 14.3 Å². The zero-order valence-corrected chi connectivity index (χ0v) is 12.0. The molecule has 2 aromatic carbocycles. The second kappa shape index (κ2) is 6.83. The lowest BCUT2D eigenvalue weighted by molar-refractivity contribution is 0.0852. The van der Waals surface area contributed by atoms with E-state index < -0.39 is 12.1 Å². The molecule has 0 saturated carbocycles. The average Bonchev–Trinajstić information content (AvgIpc) is 2.54. The van der Waals surface area contributed by atoms with E-state index in [1.54, 1.807) is 25.1 Å². The first-order chi connectivity index (χ1) is 10.5. The van der Waals surface area contributed by atoms with Crippen LogP contribution in [-0.2, 0) is 0 Å². The summed E-state index contributed by atoms with van der Waals surface area (Å²) in [6.45, 7) is 1.65. The van der Waals surface area contributed by atoms with Gasteiger partial charge in [-0.25, -0.2) is 4.39 Å². The van der Waals surface area contributed by atoms with Gasteiger partial charge in [-0.15, -0.1) is 0 Å². The summed E-state index contributed by atoms with van der Waals surface area (Å²) in [6, 6.07) is 13.1. The number of nitrogens with zero attached hydrogens (tertiary/aromatic N) is 1. The van der Waals surface area contributed by atoms with Crippen LogP contribution in [0.2, 0.25) is 0 Å². The topological polar surface area (TPSA) is 73.1 Å². The SMILES string of the molecule is CC(NC(=O)c1cccc(C#N)c1)C(O)c1ccc(F)cc1. The van der Waals surface area contributed by atoms with Gasteiger partial charge in [0.1, 0.15) is 5.82 Å². The van der Waals surface area contributed by atoms with Crippen molar-refractivity contribution in [1.29, 1.82) is 5.26 Å². The van der Waals surface area contributed by atoms with Crippen LogP contribution in [0.25, 0.3) is 0 Å². The summed E-state index contributed by atoms with van der Waals surface area (Å²) in [7, 11) is 0. The van der Waals surface area contributed by atoms with Gasteiger partial charge in [-0.2, -0.15) is 5.26 Å². The lowest BCUT2D eigenvalue weighted by atomic mass is 10.0. The van der Waals surface area contributed by atoms with Gasteiger partial charge in [-0.3, -0.25) is 4.79 Å². The number of nitrogens with one attached hydrogen (secondary N) is 1. The van der Waals surface area contributed by atoms with Crippen molar-refractivity contribution in [2.24, 2.45) is 0 Å². The minimum absolute atomic E-state index is 0.345. The van der Waals surface area contributed by atoms with E-state index >= 15 is 0 Å². The number of halogens is 1. The molecule has 0 aliphatic carbocycles. The van der Waals surface area contributed by atoms with Gasteiger partial charge >= 0.3 is 0 Å². The Hall–Kier alpha value is -2.71. The molecule has 0 spiro atoms. The number of hydrogen-bond donors (Lipinski definition) is 2. The zero-order chi connectivity index (χ0) is 16.1. The van der Waals surface area contributed by atoms with Crippen LogP contribution in [-0.4, -0.2) is 17.1 Å². The second-order valence-electron chi connectivity index (χ2n) is 4.95. The average molecular weight is 298 g/mol. The molecule has 2 atom stereocenters. The van der Waals surface area contributed by atoms with Crippen LogP contribution in [0.4, 0.5) is 4.39 Å². The smallest absolute Gasteiger partial charge is 0.251 e. The highest BCUT2D eigenvalue weighted by molar-refractivity contribution is 5.94. The fourth-order valence-corrected chi connectivity index (χ4v) is 2.05. The third-order valence-corrected chi connectivity index (χ3v) is 3.30. The summed E-state index contributed by atoms with van der Waals surface area (Å²) >= 11 is 0. The highest BCUT2D eigenvalue weighted by Gasteiger charge is 2.19. The lowest BCUT2D eigenvalue weighted by Gasteiger charge is -2.20. The van der Waals surface area contributed by atoms with E-state index in [1.165, 1.54) is 30.3 Å². The fourth-order valence-electron chi connectivity index (χ4n) is 2.05. The van der Waals surface area contributed by atoms with Crippen LogP contribution in [0.1, 0.15) is 34.5 Å². The predicted molar refractivity (Wildman–Crippen MR) is 79.4 cm³/mol. The Morgan fingerprint density at radius 2 is 1.95 bits per heavy atom. The van der Waals surface area contributed by atoms with Crippen LogP contribution >= 0.6 is 0 Å². The molecule has 2 rings (SSSR count). The molecule has 0 aliphatic rings. The van der Waals surface area contributed by atoms with Gasteiger partial charge in [0, 0.05) is 5.56 Å². The lowest BCUT2D eigenvalue weighted by Crippen LogP contribution is -2.37. The molecule has 0 saturated heterocycles. The number of nitriles is 1. The maximum absolute atomic E-state index is 12.9. The van der Waals surface area contributed by atoms with E-state index in [0.29, 0.717) is 16.7 Å². The summed E-state index contributed by atoms with van der Waals surface area (Å²) in [6.07, 6.45) is -0.955. The van der Waals surface area contributed by atoms with E-state index in [4.69, 9.17) is 5.26 Å². The van der Waals surface area contributed by atoms with Crippen molar-refractivity contribution in [2.45, 2.75) is 19.1 Å². The molecule has 2 aromatic rings. The van der Waals surface area contributed by atoms with Gasteiger partial charge in [0.05, 0.1) is 23.8 Å². The normalized spacial score (nSPS) is 13.0. The number of aliphatic hydroxyl groups excluding tert-OH is 1. The Balaban J connectivity index is 2.07. The molecule has 0 radical (unpaired) electrons. The number of carbonyl (C=O) groups is 1. The fraction of sp³-hybridized carbons (Fsp3) is 0.176. The van der Waals surface area contributed by atoms with Crippen molar-refractivity contribution in [3.8, 4) is 6.07 Å². The van der Waals surface area contributed by atoms with Gasteiger partial charge in [-0.05, 0) is 42.8 Å². The quantitative estimate of drug-likeness (QED) is 0.911.